The smallest absolute Gasteiger partial charge is 0.254 e. The molecule has 1 atom stereocenters. The largest absolute Gasteiger partial charge is 0.396 e. The quantitative estimate of drug-likeness (QED) is 0.807. The highest BCUT2D eigenvalue weighted by molar-refractivity contribution is 5.94. The summed E-state index contributed by atoms with van der Waals surface area (Å²) in [7, 11) is 0. The van der Waals surface area contributed by atoms with Gasteiger partial charge in [0.1, 0.15) is 0 Å². The molecule has 1 unspecified atom stereocenters. The highest BCUT2D eigenvalue weighted by atomic mass is 19.1. The van der Waals surface area contributed by atoms with Crippen molar-refractivity contribution in [3.63, 3.8) is 0 Å². The van der Waals surface area contributed by atoms with Gasteiger partial charge in [-0.15, -0.1) is 0 Å². The van der Waals surface area contributed by atoms with Gasteiger partial charge in [0.05, 0.1) is 11.8 Å². The number of hydrogen-bond donors (Lipinski definition) is 2. The van der Waals surface area contributed by atoms with Gasteiger partial charge in [-0.05, 0) is 31.2 Å². The number of hydrogen-bond acceptors (Lipinski definition) is 3. The summed E-state index contributed by atoms with van der Waals surface area (Å²) in [5.74, 6) is -0.630. The first kappa shape index (κ1) is 12.0. The van der Waals surface area contributed by atoms with Gasteiger partial charge < -0.3 is 10.4 Å². The number of rotatable bonds is 5. The van der Waals surface area contributed by atoms with E-state index in [1.807, 2.05) is 0 Å². The lowest BCUT2D eigenvalue weighted by Gasteiger charge is -2.17. The van der Waals surface area contributed by atoms with E-state index in [-0.39, 0.29) is 18.2 Å². The molecule has 0 aromatic carbocycles. The molecule has 0 saturated heterocycles. The molecule has 0 aliphatic heterocycles. The van der Waals surface area contributed by atoms with Crippen LogP contribution in [0.4, 0.5) is 4.39 Å². The van der Waals surface area contributed by atoms with Crippen molar-refractivity contribution in [2.24, 2.45) is 5.92 Å². The second-order valence-electron chi connectivity index (χ2n) is 4.29. The lowest BCUT2D eigenvalue weighted by Crippen LogP contribution is -2.37. The normalized spacial score (nSPS) is 16.6. The number of halogens is 1. The monoisotopic (exact) mass is 238 g/mol. The van der Waals surface area contributed by atoms with Crippen molar-refractivity contribution >= 4 is 5.91 Å². The Kier molecular flexibility index (Phi) is 3.68. The van der Waals surface area contributed by atoms with Gasteiger partial charge in [0, 0.05) is 18.8 Å². The first-order chi connectivity index (χ1) is 8.22. The molecule has 0 bridgehead atoms. The maximum Gasteiger partial charge on any atom is 0.254 e. The molecule has 1 aliphatic rings. The summed E-state index contributed by atoms with van der Waals surface area (Å²) < 4.78 is 13.3. The van der Waals surface area contributed by atoms with Gasteiger partial charge in [0.15, 0.2) is 5.82 Å². The molecule has 1 fully saturated rings. The van der Waals surface area contributed by atoms with Crippen LogP contribution in [0.1, 0.15) is 29.6 Å². The molecule has 1 heterocycles. The highest BCUT2D eigenvalue weighted by Crippen LogP contribution is 2.34. The van der Waals surface area contributed by atoms with E-state index in [1.54, 1.807) is 0 Å². The molecule has 1 aliphatic carbocycles. The van der Waals surface area contributed by atoms with Gasteiger partial charge in [-0.2, -0.15) is 0 Å². The summed E-state index contributed by atoms with van der Waals surface area (Å²) in [6, 6.07) is 1.30. The molecule has 1 saturated carbocycles. The van der Waals surface area contributed by atoms with Gasteiger partial charge in [0.2, 0.25) is 0 Å². The molecule has 2 rings (SSSR count). The second-order valence-corrected chi connectivity index (χ2v) is 4.29. The summed E-state index contributed by atoms with van der Waals surface area (Å²) in [6.45, 7) is 0.0280. The Morgan fingerprint density at radius 2 is 2.41 bits per heavy atom. The fraction of sp³-hybridized carbons (Fsp3) is 0.500. The van der Waals surface area contributed by atoms with E-state index < -0.39 is 11.7 Å². The van der Waals surface area contributed by atoms with E-state index in [0.717, 1.165) is 19.0 Å². The Bertz CT molecular complexity index is 407. The Labute approximate surface area is 98.9 Å². The fourth-order valence-corrected chi connectivity index (χ4v) is 1.87. The zero-order valence-corrected chi connectivity index (χ0v) is 9.40. The van der Waals surface area contributed by atoms with Crippen LogP contribution in [0.5, 0.6) is 0 Å². The molecular formula is C12H15FN2O2. The predicted molar refractivity (Wildman–Crippen MR) is 59.9 cm³/mol. The molecule has 17 heavy (non-hydrogen) atoms. The molecule has 2 N–H and O–H groups in total. The third-order valence-electron chi connectivity index (χ3n) is 2.96. The lowest BCUT2D eigenvalue weighted by atomic mass is 10.1. The maximum atomic E-state index is 13.3. The molecule has 5 heteroatoms. The van der Waals surface area contributed by atoms with E-state index in [4.69, 9.17) is 5.11 Å². The third-order valence-corrected chi connectivity index (χ3v) is 2.96. The molecule has 1 aromatic rings. The van der Waals surface area contributed by atoms with E-state index in [2.05, 4.69) is 10.3 Å². The van der Waals surface area contributed by atoms with Crippen molar-refractivity contribution in [3.05, 3.63) is 29.8 Å². The molecular weight excluding hydrogens is 223 g/mol. The van der Waals surface area contributed by atoms with Crippen LogP contribution in [-0.2, 0) is 0 Å². The van der Waals surface area contributed by atoms with Crippen LogP contribution in [0.25, 0.3) is 0 Å². The second kappa shape index (κ2) is 5.23. The van der Waals surface area contributed by atoms with Crippen LogP contribution >= 0.6 is 0 Å². The van der Waals surface area contributed by atoms with E-state index >= 15 is 0 Å². The number of aromatic nitrogens is 1. The molecule has 4 nitrogen and oxygen atoms in total. The molecule has 0 spiro atoms. The zero-order chi connectivity index (χ0) is 12.3. The minimum Gasteiger partial charge on any atom is -0.396 e. The maximum absolute atomic E-state index is 13.3. The average Bonchev–Trinajstić information content (AvgIpc) is 3.12. The van der Waals surface area contributed by atoms with Crippen LogP contribution in [0, 0.1) is 11.7 Å². The zero-order valence-electron chi connectivity index (χ0n) is 9.40. The average molecular weight is 238 g/mol. The Balaban J connectivity index is 2.02. The Morgan fingerprint density at radius 3 is 3.00 bits per heavy atom. The van der Waals surface area contributed by atoms with E-state index in [0.29, 0.717) is 12.3 Å². The summed E-state index contributed by atoms with van der Waals surface area (Å²) >= 11 is 0. The predicted octanol–water partition coefficient (Wildman–Crippen LogP) is 1.11. The van der Waals surface area contributed by atoms with Crippen molar-refractivity contribution in [3.8, 4) is 0 Å². The first-order valence-corrected chi connectivity index (χ1v) is 5.73. The van der Waals surface area contributed by atoms with Gasteiger partial charge in [-0.3, -0.25) is 9.78 Å². The third kappa shape index (κ3) is 3.00. The summed E-state index contributed by atoms with van der Waals surface area (Å²) in [6.07, 6.45) is 5.04. The topological polar surface area (TPSA) is 62.2 Å². The number of pyridine rings is 1. The number of amides is 1. The number of nitrogens with zero attached hydrogens (tertiary/aromatic N) is 1. The minimum absolute atomic E-state index is 0.00332. The first-order valence-electron chi connectivity index (χ1n) is 5.73. The van der Waals surface area contributed by atoms with Gasteiger partial charge >= 0.3 is 0 Å². The summed E-state index contributed by atoms with van der Waals surface area (Å²) in [5, 5.41) is 11.7. The number of carbonyl (C=O) groups is 1. The van der Waals surface area contributed by atoms with Gasteiger partial charge in [-0.25, -0.2) is 4.39 Å². The minimum atomic E-state index is -0.622. The van der Waals surface area contributed by atoms with Crippen molar-refractivity contribution in [2.75, 3.05) is 6.61 Å². The Morgan fingerprint density at radius 1 is 1.65 bits per heavy atom. The SMILES string of the molecule is O=C(NC(CCO)C1CC1)c1ccncc1F. The van der Waals surface area contributed by atoms with Crippen LogP contribution in [-0.4, -0.2) is 28.6 Å². The van der Waals surface area contributed by atoms with Crippen LogP contribution < -0.4 is 5.32 Å². The van der Waals surface area contributed by atoms with E-state index in [1.165, 1.54) is 12.3 Å². The molecule has 92 valence electrons. The van der Waals surface area contributed by atoms with Gasteiger partial charge in [-0.1, -0.05) is 0 Å². The number of nitrogens with one attached hydrogen (secondary N) is 1. The van der Waals surface area contributed by atoms with Crippen LogP contribution in [0.2, 0.25) is 0 Å². The van der Waals surface area contributed by atoms with Crippen molar-refractivity contribution in [2.45, 2.75) is 25.3 Å². The Hall–Kier alpha value is -1.49. The van der Waals surface area contributed by atoms with Crippen molar-refractivity contribution < 1.29 is 14.3 Å². The fourth-order valence-electron chi connectivity index (χ4n) is 1.87. The van der Waals surface area contributed by atoms with Crippen molar-refractivity contribution in [1.82, 2.24) is 10.3 Å². The summed E-state index contributed by atoms with van der Waals surface area (Å²) in [5.41, 5.74) is 0.00332. The number of carbonyl (C=O) groups excluding carboxylic acids is 1. The lowest BCUT2D eigenvalue weighted by molar-refractivity contribution is 0.0920. The molecule has 1 amide bonds. The van der Waals surface area contributed by atoms with Crippen LogP contribution in [0.3, 0.4) is 0 Å². The number of aliphatic hydroxyl groups excluding tert-OH is 1. The summed E-state index contributed by atoms with van der Waals surface area (Å²) in [4.78, 5) is 15.4. The number of aliphatic hydroxyl groups is 1. The standard InChI is InChI=1S/C12H15FN2O2/c13-10-7-14-5-3-9(10)12(17)15-11(4-6-16)8-1-2-8/h3,5,7-8,11,16H,1-2,4,6H2,(H,15,17). The molecule has 1 aromatic heterocycles. The molecule has 0 radical (unpaired) electrons. The van der Waals surface area contributed by atoms with E-state index in [9.17, 15) is 9.18 Å². The van der Waals surface area contributed by atoms with Gasteiger partial charge in [0.25, 0.3) is 5.91 Å². The van der Waals surface area contributed by atoms with Crippen LogP contribution in [0.15, 0.2) is 18.5 Å². The highest BCUT2D eigenvalue weighted by Gasteiger charge is 2.32. The van der Waals surface area contributed by atoms with Crippen molar-refractivity contribution in [1.29, 1.82) is 0 Å².